The van der Waals surface area contributed by atoms with Crippen LogP contribution in [0, 0.1) is 0 Å². The van der Waals surface area contributed by atoms with E-state index in [2.05, 4.69) is 9.98 Å². The van der Waals surface area contributed by atoms with E-state index in [-0.39, 0.29) is 5.57 Å². The van der Waals surface area contributed by atoms with Gasteiger partial charge in [-0.15, -0.1) is 11.3 Å². The summed E-state index contributed by atoms with van der Waals surface area (Å²) in [6, 6.07) is 0. The van der Waals surface area contributed by atoms with Crippen LogP contribution in [0.3, 0.4) is 0 Å². The highest BCUT2D eigenvalue weighted by Gasteiger charge is 2.15. The molecule has 1 rings (SSSR count). The number of aromatic nitrogens is 1. The lowest BCUT2D eigenvalue weighted by Gasteiger charge is -2.02. The van der Waals surface area contributed by atoms with Gasteiger partial charge in [0.05, 0.1) is 24.2 Å². The molecular formula is C11H14ClN3O2S. The molecule has 0 unspecified atom stereocenters. The Bertz CT molecular complexity index is 469. The second-order valence-electron chi connectivity index (χ2n) is 3.47. The Morgan fingerprint density at radius 1 is 1.67 bits per heavy atom. The number of aliphatic imine (C=N–C) groups is 1. The maximum absolute atomic E-state index is 11.6. The van der Waals surface area contributed by atoms with Crippen molar-refractivity contribution in [1.29, 1.82) is 0 Å². The lowest BCUT2D eigenvalue weighted by Crippen LogP contribution is -2.07. The number of hydrogen-bond donors (Lipinski definition) is 0. The van der Waals surface area contributed by atoms with Gasteiger partial charge in [0.15, 0.2) is 0 Å². The molecule has 0 saturated carbocycles. The summed E-state index contributed by atoms with van der Waals surface area (Å²) in [5.74, 6) is -0.485. The first-order valence-corrected chi connectivity index (χ1v) is 6.54. The highest BCUT2D eigenvalue weighted by Crippen LogP contribution is 2.24. The van der Waals surface area contributed by atoms with Crippen molar-refractivity contribution < 1.29 is 9.53 Å². The second kappa shape index (κ2) is 7.13. The number of hydrogen-bond acceptors (Lipinski definition) is 5. The van der Waals surface area contributed by atoms with E-state index in [1.807, 2.05) is 14.1 Å². The van der Waals surface area contributed by atoms with E-state index >= 15 is 0 Å². The molecule has 1 heterocycles. The third kappa shape index (κ3) is 4.12. The molecule has 0 bridgehead atoms. The monoisotopic (exact) mass is 287 g/mol. The zero-order chi connectivity index (χ0) is 13.5. The summed E-state index contributed by atoms with van der Waals surface area (Å²) in [5, 5.41) is 2.27. The van der Waals surface area contributed by atoms with Crippen molar-refractivity contribution in [3.8, 4) is 0 Å². The number of rotatable bonds is 5. The molecule has 0 fully saturated rings. The van der Waals surface area contributed by atoms with Crippen LogP contribution in [0.2, 0.25) is 0 Å². The van der Waals surface area contributed by atoms with E-state index in [0.29, 0.717) is 17.4 Å². The van der Waals surface area contributed by atoms with Gasteiger partial charge in [0, 0.05) is 25.0 Å². The second-order valence-corrected chi connectivity index (χ2v) is 4.52. The third-order valence-electron chi connectivity index (χ3n) is 1.77. The Labute approximate surface area is 115 Å². The number of ether oxygens (including phenoxy) is 1. The number of carbonyl (C=O) groups excluding carboxylic acids is 1. The highest BCUT2D eigenvalue weighted by molar-refractivity contribution is 7.13. The molecule has 5 nitrogen and oxygen atoms in total. The summed E-state index contributed by atoms with van der Waals surface area (Å²) in [7, 11) is 3.72. The molecule has 0 aliphatic carbocycles. The Kier molecular flexibility index (Phi) is 5.80. The standard InChI is InChI=1S/C11H14ClN3O2S/c1-4-17-10(16)8(5-12)9-6-18-11(14-9)13-7-15(2)3/h5-7H,4H2,1-3H3. The Balaban J connectivity index is 2.87. The van der Waals surface area contributed by atoms with Crippen LogP contribution in [0.25, 0.3) is 5.57 Å². The number of esters is 1. The van der Waals surface area contributed by atoms with Crippen molar-refractivity contribution in [2.45, 2.75) is 6.92 Å². The van der Waals surface area contributed by atoms with Gasteiger partial charge in [0.1, 0.15) is 0 Å². The normalized spacial score (nSPS) is 11.9. The van der Waals surface area contributed by atoms with Crippen LogP contribution in [-0.4, -0.2) is 42.9 Å². The molecule has 0 amide bonds. The largest absolute Gasteiger partial charge is 0.462 e. The van der Waals surface area contributed by atoms with Gasteiger partial charge in [0.2, 0.25) is 5.13 Å². The van der Waals surface area contributed by atoms with Crippen LogP contribution in [0.15, 0.2) is 15.9 Å². The van der Waals surface area contributed by atoms with Gasteiger partial charge in [0.25, 0.3) is 0 Å². The van der Waals surface area contributed by atoms with E-state index in [1.54, 1.807) is 23.5 Å². The van der Waals surface area contributed by atoms with Crippen molar-refractivity contribution in [3.05, 3.63) is 16.6 Å². The van der Waals surface area contributed by atoms with Gasteiger partial charge in [-0.2, -0.15) is 0 Å². The van der Waals surface area contributed by atoms with Crippen LogP contribution in [0.1, 0.15) is 12.6 Å². The van der Waals surface area contributed by atoms with Crippen molar-refractivity contribution in [1.82, 2.24) is 9.88 Å². The Morgan fingerprint density at radius 2 is 2.39 bits per heavy atom. The summed E-state index contributed by atoms with van der Waals surface area (Å²) >= 11 is 6.95. The summed E-state index contributed by atoms with van der Waals surface area (Å²) < 4.78 is 4.88. The minimum Gasteiger partial charge on any atom is -0.462 e. The van der Waals surface area contributed by atoms with Gasteiger partial charge < -0.3 is 9.64 Å². The van der Waals surface area contributed by atoms with Gasteiger partial charge >= 0.3 is 5.97 Å². The molecule has 0 aliphatic rings. The van der Waals surface area contributed by atoms with Crippen LogP contribution in [0.5, 0.6) is 0 Å². The first-order chi connectivity index (χ1) is 8.58. The molecule has 0 radical (unpaired) electrons. The topological polar surface area (TPSA) is 54.8 Å². The highest BCUT2D eigenvalue weighted by atomic mass is 35.5. The third-order valence-corrected chi connectivity index (χ3v) is 2.74. The van der Waals surface area contributed by atoms with Crippen molar-refractivity contribution in [2.75, 3.05) is 20.7 Å². The summed E-state index contributed by atoms with van der Waals surface area (Å²) in [5.41, 5.74) is 1.88. The van der Waals surface area contributed by atoms with E-state index in [0.717, 1.165) is 0 Å². The Morgan fingerprint density at radius 3 is 2.94 bits per heavy atom. The quantitative estimate of drug-likeness (QED) is 0.361. The molecule has 0 aromatic carbocycles. The van der Waals surface area contributed by atoms with Crippen molar-refractivity contribution in [2.24, 2.45) is 4.99 Å². The van der Waals surface area contributed by atoms with Crippen LogP contribution in [-0.2, 0) is 9.53 Å². The van der Waals surface area contributed by atoms with Gasteiger partial charge in [-0.05, 0) is 6.92 Å². The molecule has 0 spiro atoms. The lowest BCUT2D eigenvalue weighted by molar-refractivity contribution is -0.136. The Hall–Kier alpha value is -1.40. The zero-order valence-corrected chi connectivity index (χ0v) is 12.0. The van der Waals surface area contributed by atoms with E-state index in [1.165, 1.54) is 16.9 Å². The maximum Gasteiger partial charge on any atom is 0.341 e. The lowest BCUT2D eigenvalue weighted by atomic mass is 10.2. The molecule has 7 heteroatoms. The minimum atomic E-state index is -0.485. The number of carbonyl (C=O) groups is 1. The fraction of sp³-hybridized carbons (Fsp3) is 0.364. The van der Waals surface area contributed by atoms with E-state index < -0.39 is 5.97 Å². The van der Waals surface area contributed by atoms with Gasteiger partial charge in [-0.3, -0.25) is 0 Å². The average Bonchev–Trinajstić information content (AvgIpc) is 2.76. The maximum atomic E-state index is 11.6. The molecule has 18 heavy (non-hydrogen) atoms. The van der Waals surface area contributed by atoms with E-state index in [4.69, 9.17) is 16.3 Å². The van der Waals surface area contributed by atoms with Gasteiger partial charge in [-0.25, -0.2) is 14.8 Å². The van der Waals surface area contributed by atoms with Crippen LogP contribution < -0.4 is 0 Å². The molecular weight excluding hydrogens is 274 g/mol. The van der Waals surface area contributed by atoms with E-state index in [9.17, 15) is 4.79 Å². The fourth-order valence-corrected chi connectivity index (χ4v) is 1.88. The zero-order valence-electron chi connectivity index (χ0n) is 10.4. The van der Waals surface area contributed by atoms with Crippen molar-refractivity contribution >= 4 is 46.0 Å². The summed E-state index contributed by atoms with van der Waals surface area (Å²) in [6.45, 7) is 2.03. The number of nitrogens with zero attached hydrogens (tertiary/aromatic N) is 3. The molecule has 1 aromatic rings. The first-order valence-electron chi connectivity index (χ1n) is 5.22. The first kappa shape index (κ1) is 14.7. The number of halogens is 1. The predicted octanol–water partition coefficient (Wildman–Crippen LogP) is 2.51. The van der Waals surface area contributed by atoms with Crippen molar-refractivity contribution in [3.63, 3.8) is 0 Å². The molecule has 0 saturated heterocycles. The predicted molar refractivity (Wildman–Crippen MR) is 74.4 cm³/mol. The molecule has 0 atom stereocenters. The van der Waals surface area contributed by atoms with Crippen LogP contribution in [0.4, 0.5) is 5.13 Å². The SMILES string of the molecule is CCOC(=O)C(=CCl)c1csc(N=CN(C)C)n1. The molecule has 0 N–H and O–H groups in total. The molecule has 1 aromatic heterocycles. The minimum absolute atomic E-state index is 0.237. The smallest absolute Gasteiger partial charge is 0.341 e. The summed E-state index contributed by atoms with van der Waals surface area (Å²) in [6.07, 6.45) is 1.64. The molecule has 98 valence electrons. The average molecular weight is 288 g/mol. The van der Waals surface area contributed by atoms with Gasteiger partial charge in [-0.1, -0.05) is 11.6 Å². The van der Waals surface area contributed by atoms with Crippen LogP contribution >= 0.6 is 22.9 Å². The number of thiazole rings is 1. The fourth-order valence-electron chi connectivity index (χ4n) is 1.03. The molecule has 0 aliphatic heterocycles. The summed E-state index contributed by atoms with van der Waals surface area (Å²) in [4.78, 5) is 21.7.